The van der Waals surface area contributed by atoms with Crippen molar-refractivity contribution in [2.45, 2.75) is 18.9 Å². The standard InChI is InChI=1S/C28H23FN2/c1-2-8-23-20-14-13-19(29)17-24(20)28-26-22(21-11-6-7-12-25(21)30-26)15-16-31(28)27(23)18-9-4-3-5-10-18/h2-7,9-14,17,28,30H,1,8,15-16H2. The number of H-pyrrole nitrogens is 1. The van der Waals surface area contributed by atoms with Gasteiger partial charge in [-0.25, -0.2) is 4.39 Å². The Morgan fingerprint density at radius 2 is 1.84 bits per heavy atom. The van der Waals surface area contributed by atoms with Crippen LogP contribution in [-0.2, 0) is 6.42 Å². The van der Waals surface area contributed by atoms with E-state index in [-0.39, 0.29) is 11.9 Å². The quantitative estimate of drug-likeness (QED) is 0.375. The molecule has 1 N–H and O–H groups in total. The molecule has 4 aromatic rings. The first kappa shape index (κ1) is 18.2. The van der Waals surface area contributed by atoms with Crippen molar-refractivity contribution < 1.29 is 4.39 Å². The maximum Gasteiger partial charge on any atom is 0.123 e. The van der Waals surface area contributed by atoms with Crippen molar-refractivity contribution in [2.75, 3.05) is 6.54 Å². The van der Waals surface area contributed by atoms with Crippen LogP contribution in [0.25, 0.3) is 22.2 Å². The minimum atomic E-state index is -0.192. The van der Waals surface area contributed by atoms with Crippen LogP contribution in [0.2, 0.25) is 0 Å². The number of hydrogen-bond acceptors (Lipinski definition) is 1. The fourth-order valence-electron chi connectivity index (χ4n) is 5.43. The summed E-state index contributed by atoms with van der Waals surface area (Å²) >= 11 is 0. The maximum absolute atomic E-state index is 14.5. The third-order valence-corrected chi connectivity index (χ3v) is 6.64. The SMILES string of the molecule is C=CCC1=C(c2ccccc2)N2CCc3c([nH]c4ccccc34)C2c2cc(F)ccc21. The van der Waals surface area contributed by atoms with Gasteiger partial charge in [-0.15, -0.1) is 6.58 Å². The van der Waals surface area contributed by atoms with E-state index in [1.165, 1.54) is 33.5 Å². The maximum atomic E-state index is 14.5. The van der Waals surface area contributed by atoms with Crippen LogP contribution < -0.4 is 0 Å². The Bertz CT molecular complexity index is 1350. The van der Waals surface area contributed by atoms with Gasteiger partial charge in [-0.2, -0.15) is 0 Å². The van der Waals surface area contributed by atoms with Crippen LogP contribution in [-0.4, -0.2) is 16.4 Å². The largest absolute Gasteiger partial charge is 0.358 e. The Balaban J connectivity index is 1.67. The fraction of sp³-hybridized carbons (Fsp3) is 0.143. The highest BCUT2D eigenvalue weighted by molar-refractivity contribution is 5.95. The van der Waals surface area contributed by atoms with Crippen molar-refractivity contribution in [3.63, 3.8) is 0 Å². The summed E-state index contributed by atoms with van der Waals surface area (Å²) in [5.41, 5.74) is 9.48. The van der Waals surface area contributed by atoms with E-state index in [9.17, 15) is 4.39 Å². The number of nitrogens with zero attached hydrogens (tertiary/aromatic N) is 1. The molecule has 0 radical (unpaired) electrons. The number of aromatic amines is 1. The number of fused-ring (bicyclic) bond motifs is 7. The summed E-state index contributed by atoms with van der Waals surface area (Å²) in [6.45, 7) is 4.90. The number of halogens is 1. The molecule has 0 fully saturated rings. The molecule has 2 aliphatic rings. The van der Waals surface area contributed by atoms with E-state index in [4.69, 9.17) is 0 Å². The highest BCUT2D eigenvalue weighted by atomic mass is 19.1. The van der Waals surface area contributed by atoms with Gasteiger partial charge in [0.1, 0.15) is 5.82 Å². The molecule has 0 spiro atoms. The van der Waals surface area contributed by atoms with E-state index in [0.29, 0.717) is 0 Å². The number of aromatic nitrogens is 1. The van der Waals surface area contributed by atoms with Gasteiger partial charge in [0.25, 0.3) is 0 Å². The third-order valence-electron chi connectivity index (χ3n) is 6.64. The van der Waals surface area contributed by atoms with Gasteiger partial charge < -0.3 is 9.88 Å². The zero-order chi connectivity index (χ0) is 20.9. The zero-order valence-corrected chi connectivity index (χ0v) is 17.2. The lowest BCUT2D eigenvalue weighted by Gasteiger charge is -2.44. The lowest BCUT2D eigenvalue weighted by molar-refractivity contribution is 0.311. The molecular formula is C28H23FN2. The summed E-state index contributed by atoms with van der Waals surface area (Å²) in [6.07, 6.45) is 3.65. The monoisotopic (exact) mass is 406 g/mol. The number of nitrogens with one attached hydrogen (secondary N) is 1. The topological polar surface area (TPSA) is 19.0 Å². The molecule has 2 aliphatic heterocycles. The van der Waals surface area contributed by atoms with Crippen LogP contribution >= 0.6 is 0 Å². The fourth-order valence-corrected chi connectivity index (χ4v) is 5.43. The van der Waals surface area contributed by atoms with Crippen molar-refractivity contribution in [1.82, 2.24) is 9.88 Å². The van der Waals surface area contributed by atoms with Gasteiger partial charge in [0.15, 0.2) is 0 Å². The molecule has 31 heavy (non-hydrogen) atoms. The van der Waals surface area contributed by atoms with Crippen molar-refractivity contribution in [3.8, 4) is 0 Å². The Morgan fingerprint density at radius 3 is 2.68 bits per heavy atom. The molecule has 0 saturated carbocycles. The van der Waals surface area contributed by atoms with Crippen LogP contribution in [0.15, 0.2) is 85.5 Å². The lowest BCUT2D eigenvalue weighted by Crippen LogP contribution is -2.38. The van der Waals surface area contributed by atoms with E-state index >= 15 is 0 Å². The molecular weight excluding hydrogens is 383 g/mol. The van der Waals surface area contributed by atoms with Gasteiger partial charge in [-0.3, -0.25) is 0 Å². The van der Waals surface area contributed by atoms with E-state index in [0.717, 1.165) is 36.0 Å². The van der Waals surface area contributed by atoms with Gasteiger partial charge in [-0.05, 0) is 58.9 Å². The van der Waals surface area contributed by atoms with Gasteiger partial charge in [0, 0.05) is 28.8 Å². The highest BCUT2D eigenvalue weighted by Gasteiger charge is 2.39. The molecule has 1 aromatic heterocycles. The third kappa shape index (κ3) is 2.70. The van der Waals surface area contributed by atoms with Gasteiger partial charge in [-0.1, -0.05) is 60.7 Å². The van der Waals surface area contributed by atoms with Crippen LogP contribution in [0, 0.1) is 5.82 Å². The molecule has 3 aromatic carbocycles. The first-order chi connectivity index (χ1) is 15.3. The Kier molecular flexibility index (Phi) is 4.10. The number of rotatable bonds is 3. The zero-order valence-electron chi connectivity index (χ0n) is 17.2. The molecule has 3 heteroatoms. The lowest BCUT2D eigenvalue weighted by atomic mass is 9.80. The first-order valence-corrected chi connectivity index (χ1v) is 10.8. The number of benzene rings is 3. The van der Waals surface area contributed by atoms with Gasteiger partial charge in [0.05, 0.1) is 6.04 Å². The number of hydrogen-bond donors (Lipinski definition) is 1. The highest BCUT2D eigenvalue weighted by Crippen LogP contribution is 2.50. The molecule has 3 heterocycles. The molecule has 1 unspecified atom stereocenters. The van der Waals surface area contributed by atoms with Crippen LogP contribution in [0.3, 0.4) is 0 Å². The van der Waals surface area contributed by atoms with Crippen LogP contribution in [0.4, 0.5) is 4.39 Å². The first-order valence-electron chi connectivity index (χ1n) is 10.8. The summed E-state index contributed by atoms with van der Waals surface area (Å²) in [5.74, 6) is -0.192. The summed E-state index contributed by atoms with van der Waals surface area (Å²) in [5, 5.41) is 1.28. The molecule has 0 aliphatic carbocycles. The average Bonchev–Trinajstić information content (AvgIpc) is 3.18. The average molecular weight is 407 g/mol. The summed E-state index contributed by atoms with van der Waals surface area (Å²) in [6, 6.07) is 24.2. The minimum Gasteiger partial charge on any atom is -0.358 e. The Labute approximate surface area is 181 Å². The van der Waals surface area contributed by atoms with E-state index in [1.54, 1.807) is 12.1 Å². The van der Waals surface area contributed by atoms with Crippen molar-refractivity contribution >= 4 is 22.2 Å². The minimum absolute atomic E-state index is 0.0365. The normalized spacial score (nSPS) is 17.3. The van der Waals surface area contributed by atoms with Crippen molar-refractivity contribution in [1.29, 1.82) is 0 Å². The summed E-state index contributed by atoms with van der Waals surface area (Å²) in [7, 11) is 0. The summed E-state index contributed by atoms with van der Waals surface area (Å²) < 4.78 is 14.5. The van der Waals surface area contributed by atoms with E-state index < -0.39 is 0 Å². The number of para-hydroxylation sites is 1. The van der Waals surface area contributed by atoms with Crippen LogP contribution in [0.5, 0.6) is 0 Å². The van der Waals surface area contributed by atoms with Gasteiger partial charge in [0.2, 0.25) is 0 Å². The molecule has 6 rings (SSSR count). The summed E-state index contributed by atoms with van der Waals surface area (Å²) in [4.78, 5) is 6.15. The van der Waals surface area contributed by atoms with Crippen molar-refractivity contribution in [3.05, 3.63) is 119 Å². The smallest absolute Gasteiger partial charge is 0.123 e. The Morgan fingerprint density at radius 1 is 1.03 bits per heavy atom. The molecule has 1 atom stereocenters. The van der Waals surface area contributed by atoms with E-state index in [1.807, 2.05) is 18.2 Å². The molecule has 0 bridgehead atoms. The molecule has 2 nitrogen and oxygen atoms in total. The molecule has 152 valence electrons. The second-order valence-electron chi connectivity index (χ2n) is 8.33. The molecule has 0 amide bonds. The van der Waals surface area contributed by atoms with E-state index in [2.05, 4.69) is 65.0 Å². The van der Waals surface area contributed by atoms with Gasteiger partial charge >= 0.3 is 0 Å². The van der Waals surface area contributed by atoms with Crippen LogP contribution in [0.1, 0.15) is 40.4 Å². The number of allylic oxidation sites excluding steroid dienone is 2. The van der Waals surface area contributed by atoms with Crippen molar-refractivity contribution in [2.24, 2.45) is 0 Å². The second kappa shape index (κ2) is 6.98. The molecule has 0 saturated heterocycles. The predicted molar refractivity (Wildman–Crippen MR) is 125 cm³/mol. The Hall–Kier alpha value is -3.59. The second-order valence-corrected chi connectivity index (χ2v) is 8.33. The predicted octanol–water partition coefficient (Wildman–Crippen LogP) is 6.71.